The number of hydrogen-bond donors (Lipinski definition) is 0. The number of carbonyl (C=O) groups excluding carboxylic acids is 1. The molecule has 1 amide bonds. The minimum absolute atomic E-state index is 0.109. The molecule has 2 rings (SSSR count). The molecular weight excluding hydrogens is 238 g/mol. The fourth-order valence-corrected chi connectivity index (χ4v) is 2.68. The summed E-state index contributed by atoms with van der Waals surface area (Å²) < 4.78 is 5.26. The second-order valence-electron chi connectivity index (χ2n) is 6.29. The summed E-state index contributed by atoms with van der Waals surface area (Å²) in [6, 6.07) is 0. The Hall–Kier alpha value is -1.09. The lowest BCUT2D eigenvalue weighted by atomic mass is 9.73. The van der Waals surface area contributed by atoms with Crippen molar-refractivity contribution >= 4 is 5.91 Å². The van der Waals surface area contributed by atoms with E-state index in [4.69, 9.17) is 4.74 Å². The molecule has 0 radical (unpaired) electrons. The van der Waals surface area contributed by atoms with Gasteiger partial charge in [0.25, 0.3) is 0 Å². The van der Waals surface area contributed by atoms with Crippen molar-refractivity contribution in [3.8, 4) is 0 Å². The molecule has 19 heavy (non-hydrogen) atoms. The molecule has 1 atom stereocenters. The van der Waals surface area contributed by atoms with Crippen LogP contribution in [0, 0.1) is 11.3 Å². The van der Waals surface area contributed by atoms with Gasteiger partial charge in [0.15, 0.2) is 0 Å². The molecule has 0 aromatic heterocycles. The van der Waals surface area contributed by atoms with Crippen LogP contribution in [-0.4, -0.2) is 37.1 Å². The van der Waals surface area contributed by atoms with Gasteiger partial charge in [-0.15, -0.1) is 0 Å². The maximum atomic E-state index is 12.1. The molecule has 1 aliphatic heterocycles. The second kappa shape index (κ2) is 5.91. The molecule has 1 unspecified atom stereocenters. The summed E-state index contributed by atoms with van der Waals surface area (Å²) >= 11 is 0. The van der Waals surface area contributed by atoms with Crippen LogP contribution >= 0.6 is 0 Å². The van der Waals surface area contributed by atoms with Crippen molar-refractivity contribution in [2.75, 3.05) is 26.3 Å². The third-order valence-electron chi connectivity index (χ3n) is 4.20. The number of ether oxygens (including phenoxy) is 1. The number of allylic oxidation sites excluding steroid dienone is 3. The molecule has 2 aliphatic rings. The van der Waals surface area contributed by atoms with Crippen molar-refractivity contribution in [2.24, 2.45) is 11.3 Å². The first-order valence-electron chi connectivity index (χ1n) is 7.26. The lowest BCUT2D eigenvalue weighted by Gasteiger charge is -2.33. The van der Waals surface area contributed by atoms with Crippen LogP contribution in [0.2, 0.25) is 0 Å². The zero-order valence-electron chi connectivity index (χ0n) is 12.3. The lowest BCUT2D eigenvalue weighted by Crippen LogP contribution is -2.39. The summed E-state index contributed by atoms with van der Waals surface area (Å²) in [7, 11) is 0. The molecule has 1 fully saturated rings. The van der Waals surface area contributed by atoms with Gasteiger partial charge in [-0.25, -0.2) is 0 Å². The van der Waals surface area contributed by atoms with Crippen molar-refractivity contribution in [2.45, 2.75) is 33.6 Å². The Labute approximate surface area is 116 Å². The van der Waals surface area contributed by atoms with Gasteiger partial charge in [0.1, 0.15) is 0 Å². The van der Waals surface area contributed by atoms with Gasteiger partial charge in [-0.05, 0) is 29.7 Å². The fraction of sp³-hybridized carbons (Fsp3) is 0.688. The van der Waals surface area contributed by atoms with Gasteiger partial charge >= 0.3 is 0 Å². The smallest absolute Gasteiger partial charge is 0.246 e. The maximum Gasteiger partial charge on any atom is 0.246 e. The van der Waals surface area contributed by atoms with Crippen LogP contribution in [0.25, 0.3) is 0 Å². The highest BCUT2D eigenvalue weighted by Crippen LogP contribution is 2.39. The Bertz CT molecular complexity index is 390. The van der Waals surface area contributed by atoms with Crippen molar-refractivity contribution < 1.29 is 9.53 Å². The van der Waals surface area contributed by atoms with Crippen LogP contribution < -0.4 is 0 Å². The van der Waals surface area contributed by atoms with Crippen LogP contribution in [0.5, 0.6) is 0 Å². The predicted octanol–water partition coefficient (Wildman–Crippen LogP) is 2.78. The van der Waals surface area contributed by atoms with Crippen LogP contribution in [0.4, 0.5) is 0 Å². The monoisotopic (exact) mass is 263 g/mol. The standard InChI is InChI=1S/C16H25NO2/c1-13-6-7-16(2,3)14(12-13)4-5-15(18)17-8-10-19-11-9-17/h4-5,12-13H,6-11H2,1-3H3/b5-4+. The van der Waals surface area contributed by atoms with Gasteiger partial charge in [0.2, 0.25) is 5.91 Å². The molecule has 3 heteroatoms. The highest BCUT2D eigenvalue weighted by atomic mass is 16.5. The van der Waals surface area contributed by atoms with E-state index in [1.165, 1.54) is 18.4 Å². The first-order valence-corrected chi connectivity index (χ1v) is 7.26. The summed E-state index contributed by atoms with van der Waals surface area (Å²) in [5, 5.41) is 0. The summed E-state index contributed by atoms with van der Waals surface area (Å²) in [6.07, 6.45) is 8.49. The Morgan fingerprint density at radius 2 is 2.11 bits per heavy atom. The molecule has 0 bridgehead atoms. The maximum absolute atomic E-state index is 12.1. The molecule has 106 valence electrons. The predicted molar refractivity (Wildman–Crippen MR) is 76.8 cm³/mol. The fourth-order valence-electron chi connectivity index (χ4n) is 2.68. The van der Waals surface area contributed by atoms with Crippen molar-refractivity contribution in [1.29, 1.82) is 0 Å². The van der Waals surface area contributed by atoms with Gasteiger partial charge in [-0.1, -0.05) is 32.9 Å². The molecular formula is C16H25NO2. The average molecular weight is 263 g/mol. The molecule has 0 saturated carbocycles. The van der Waals surface area contributed by atoms with E-state index in [1.54, 1.807) is 6.08 Å². The van der Waals surface area contributed by atoms with E-state index in [2.05, 4.69) is 26.8 Å². The van der Waals surface area contributed by atoms with Crippen LogP contribution in [0.1, 0.15) is 33.6 Å². The average Bonchev–Trinajstić information content (AvgIpc) is 2.40. The first-order chi connectivity index (χ1) is 8.99. The van der Waals surface area contributed by atoms with E-state index in [-0.39, 0.29) is 11.3 Å². The van der Waals surface area contributed by atoms with Crippen LogP contribution in [-0.2, 0) is 9.53 Å². The Morgan fingerprint density at radius 3 is 2.79 bits per heavy atom. The minimum Gasteiger partial charge on any atom is -0.378 e. The van der Waals surface area contributed by atoms with Gasteiger partial charge in [0, 0.05) is 19.2 Å². The topological polar surface area (TPSA) is 29.5 Å². The number of amides is 1. The Kier molecular flexibility index (Phi) is 4.46. The van der Waals surface area contributed by atoms with E-state index < -0.39 is 0 Å². The molecule has 3 nitrogen and oxygen atoms in total. The molecule has 1 heterocycles. The van der Waals surface area contributed by atoms with E-state index >= 15 is 0 Å². The minimum atomic E-state index is 0.109. The van der Waals surface area contributed by atoms with Crippen molar-refractivity contribution in [1.82, 2.24) is 4.90 Å². The van der Waals surface area contributed by atoms with Crippen LogP contribution in [0.3, 0.4) is 0 Å². The number of carbonyl (C=O) groups is 1. The van der Waals surface area contributed by atoms with E-state index in [1.807, 2.05) is 11.0 Å². The van der Waals surface area contributed by atoms with Gasteiger partial charge < -0.3 is 9.64 Å². The summed E-state index contributed by atoms with van der Waals surface area (Å²) in [5.74, 6) is 0.726. The number of hydrogen-bond acceptors (Lipinski definition) is 2. The molecule has 0 aromatic carbocycles. The van der Waals surface area contributed by atoms with E-state index in [0.717, 1.165) is 0 Å². The highest BCUT2D eigenvalue weighted by molar-refractivity contribution is 5.88. The Balaban J connectivity index is 2.02. The zero-order chi connectivity index (χ0) is 13.9. The summed E-state index contributed by atoms with van der Waals surface area (Å²) in [5.41, 5.74) is 1.49. The van der Waals surface area contributed by atoms with E-state index in [9.17, 15) is 4.79 Å². The van der Waals surface area contributed by atoms with E-state index in [0.29, 0.717) is 32.2 Å². The number of nitrogens with zero attached hydrogens (tertiary/aromatic N) is 1. The third kappa shape index (κ3) is 3.69. The first kappa shape index (κ1) is 14.3. The summed E-state index contributed by atoms with van der Waals surface area (Å²) in [4.78, 5) is 14.0. The van der Waals surface area contributed by atoms with Crippen LogP contribution in [0.15, 0.2) is 23.8 Å². The van der Waals surface area contributed by atoms with Crippen molar-refractivity contribution in [3.05, 3.63) is 23.8 Å². The zero-order valence-corrected chi connectivity index (χ0v) is 12.3. The Morgan fingerprint density at radius 1 is 1.42 bits per heavy atom. The van der Waals surface area contributed by atoms with Gasteiger partial charge in [-0.3, -0.25) is 4.79 Å². The second-order valence-corrected chi connectivity index (χ2v) is 6.29. The number of morpholine rings is 1. The third-order valence-corrected chi connectivity index (χ3v) is 4.20. The molecule has 1 saturated heterocycles. The summed E-state index contributed by atoms with van der Waals surface area (Å²) in [6.45, 7) is 9.50. The SMILES string of the molecule is CC1C=C(/C=C/C(=O)N2CCOCC2)C(C)(C)CC1. The molecule has 1 aliphatic carbocycles. The molecule has 0 N–H and O–H groups in total. The molecule has 0 aromatic rings. The lowest BCUT2D eigenvalue weighted by molar-refractivity contribution is -0.129. The van der Waals surface area contributed by atoms with Gasteiger partial charge in [-0.2, -0.15) is 0 Å². The normalized spacial score (nSPS) is 27.4. The largest absolute Gasteiger partial charge is 0.378 e. The highest BCUT2D eigenvalue weighted by Gasteiger charge is 2.26. The molecule has 0 spiro atoms. The van der Waals surface area contributed by atoms with Gasteiger partial charge in [0.05, 0.1) is 13.2 Å². The van der Waals surface area contributed by atoms with Crippen molar-refractivity contribution in [3.63, 3.8) is 0 Å². The number of rotatable bonds is 2. The quantitative estimate of drug-likeness (QED) is 0.717.